The summed E-state index contributed by atoms with van der Waals surface area (Å²) in [6.45, 7) is 4.24. The van der Waals surface area contributed by atoms with E-state index in [4.69, 9.17) is 40.2 Å². The third kappa shape index (κ3) is 4.12. The van der Waals surface area contributed by atoms with Gasteiger partial charge >= 0.3 is 6.18 Å². The predicted molar refractivity (Wildman–Crippen MR) is 90.2 cm³/mol. The van der Waals surface area contributed by atoms with Crippen molar-refractivity contribution in [2.45, 2.75) is 20.0 Å². The smallest absolute Gasteiger partial charge is 0.416 e. The molecule has 1 heterocycles. The molecule has 2 aromatic rings. The van der Waals surface area contributed by atoms with Gasteiger partial charge in [-0.3, -0.25) is 0 Å². The standard InChI is InChI=1S/C14H12Cl2F3N3OS/c1-3-20-13(24)22-7(2)4-11(21-22)23-12-9(15)5-8(6-10(12)16)14(17,18)19/h4-6H,3H2,1-2H3,(H,20,24). The zero-order valence-electron chi connectivity index (χ0n) is 12.5. The van der Waals surface area contributed by atoms with E-state index in [2.05, 4.69) is 10.4 Å². The maximum absolute atomic E-state index is 12.7. The van der Waals surface area contributed by atoms with Crippen LogP contribution in [-0.4, -0.2) is 21.4 Å². The van der Waals surface area contributed by atoms with Gasteiger partial charge in [-0.25, -0.2) is 4.68 Å². The lowest BCUT2D eigenvalue weighted by Gasteiger charge is -2.12. The van der Waals surface area contributed by atoms with Crippen molar-refractivity contribution in [3.05, 3.63) is 39.5 Å². The largest absolute Gasteiger partial charge is 0.434 e. The van der Waals surface area contributed by atoms with E-state index in [9.17, 15) is 13.2 Å². The second-order valence-electron chi connectivity index (χ2n) is 4.74. The first-order valence-electron chi connectivity index (χ1n) is 6.72. The van der Waals surface area contributed by atoms with E-state index >= 15 is 0 Å². The molecule has 0 fully saturated rings. The van der Waals surface area contributed by atoms with Crippen LogP contribution in [0.3, 0.4) is 0 Å². The third-order valence-corrected chi connectivity index (χ3v) is 3.80. The van der Waals surface area contributed by atoms with Crippen LogP contribution in [0.5, 0.6) is 11.6 Å². The lowest BCUT2D eigenvalue weighted by Crippen LogP contribution is -2.29. The molecular formula is C14H12Cl2F3N3OS. The quantitative estimate of drug-likeness (QED) is 0.735. The van der Waals surface area contributed by atoms with Crippen LogP contribution in [0.1, 0.15) is 18.2 Å². The van der Waals surface area contributed by atoms with Crippen LogP contribution in [0.4, 0.5) is 13.2 Å². The third-order valence-electron chi connectivity index (χ3n) is 2.92. The first kappa shape index (κ1) is 18.8. The lowest BCUT2D eigenvalue weighted by atomic mass is 10.2. The molecule has 2 rings (SSSR count). The van der Waals surface area contributed by atoms with Gasteiger partial charge < -0.3 is 10.1 Å². The fourth-order valence-electron chi connectivity index (χ4n) is 1.85. The monoisotopic (exact) mass is 397 g/mol. The van der Waals surface area contributed by atoms with E-state index in [0.29, 0.717) is 17.4 Å². The fourth-order valence-corrected chi connectivity index (χ4v) is 2.75. The second kappa shape index (κ2) is 7.16. The molecule has 0 aliphatic heterocycles. The number of nitrogens with zero attached hydrogens (tertiary/aromatic N) is 2. The molecule has 10 heteroatoms. The molecule has 0 atom stereocenters. The van der Waals surface area contributed by atoms with Crippen molar-refractivity contribution in [3.63, 3.8) is 0 Å². The summed E-state index contributed by atoms with van der Waals surface area (Å²) in [7, 11) is 0. The fraction of sp³-hybridized carbons (Fsp3) is 0.286. The Hall–Kier alpha value is -1.51. The molecule has 24 heavy (non-hydrogen) atoms. The molecule has 0 amide bonds. The van der Waals surface area contributed by atoms with Crippen LogP contribution in [0.25, 0.3) is 0 Å². The van der Waals surface area contributed by atoms with Crippen LogP contribution < -0.4 is 10.1 Å². The normalized spacial score (nSPS) is 11.5. The van der Waals surface area contributed by atoms with E-state index in [0.717, 1.165) is 12.1 Å². The number of hydrogen-bond donors (Lipinski definition) is 1. The molecule has 0 unspecified atom stereocenters. The number of thiocarbonyl (C=S) groups is 1. The number of aromatic nitrogens is 2. The zero-order valence-corrected chi connectivity index (χ0v) is 14.9. The number of hydrogen-bond acceptors (Lipinski definition) is 3. The Bertz CT molecular complexity index is 754. The molecule has 4 nitrogen and oxygen atoms in total. The van der Waals surface area contributed by atoms with Crippen LogP contribution >= 0.6 is 35.4 Å². The molecule has 0 aliphatic rings. The van der Waals surface area contributed by atoms with Crippen molar-refractivity contribution in [1.29, 1.82) is 0 Å². The summed E-state index contributed by atoms with van der Waals surface area (Å²) in [6, 6.07) is 3.06. The highest BCUT2D eigenvalue weighted by Crippen LogP contribution is 2.41. The van der Waals surface area contributed by atoms with Crippen molar-refractivity contribution in [3.8, 4) is 11.6 Å². The molecule has 0 spiro atoms. The Kier molecular flexibility index (Phi) is 5.62. The Balaban J connectivity index is 2.32. The van der Waals surface area contributed by atoms with Crippen molar-refractivity contribution in [1.82, 2.24) is 15.1 Å². The number of rotatable bonds is 3. The van der Waals surface area contributed by atoms with Crippen LogP contribution in [-0.2, 0) is 6.18 Å². The predicted octanol–water partition coefficient (Wildman–Crippen LogP) is 5.05. The summed E-state index contributed by atoms with van der Waals surface area (Å²) in [6.07, 6.45) is -4.55. The highest BCUT2D eigenvalue weighted by Gasteiger charge is 2.32. The van der Waals surface area contributed by atoms with Gasteiger partial charge in [0.25, 0.3) is 0 Å². The number of halogens is 5. The minimum Gasteiger partial charge on any atom is -0.434 e. The van der Waals surface area contributed by atoms with Crippen LogP contribution in [0, 0.1) is 6.92 Å². The maximum Gasteiger partial charge on any atom is 0.416 e. The molecule has 0 bridgehead atoms. The summed E-state index contributed by atoms with van der Waals surface area (Å²) >= 11 is 16.9. The summed E-state index contributed by atoms with van der Waals surface area (Å²) < 4.78 is 45.1. The van der Waals surface area contributed by atoms with E-state index in [1.54, 1.807) is 13.0 Å². The molecule has 0 radical (unpaired) electrons. The van der Waals surface area contributed by atoms with Crippen molar-refractivity contribution in [2.75, 3.05) is 6.54 Å². The van der Waals surface area contributed by atoms with Crippen molar-refractivity contribution in [2.24, 2.45) is 0 Å². The van der Waals surface area contributed by atoms with Gasteiger partial charge in [0.1, 0.15) is 0 Å². The summed E-state index contributed by atoms with van der Waals surface area (Å²) in [4.78, 5) is 0. The van der Waals surface area contributed by atoms with Crippen LogP contribution in [0.15, 0.2) is 18.2 Å². The molecule has 0 saturated carbocycles. The van der Waals surface area contributed by atoms with E-state index in [1.165, 1.54) is 4.68 Å². The summed E-state index contributed by atoms with van der Waals surface area (Å²) in [5.74, 6) is 0.00154. The van der Waals surface area contributed by atoms with Gasteiger partial charge in [-0.05, 0) is 38.2 Å². The minimum absolute atomic E-state index is 0.106. The van der Waals surface area contributed by atoms with Gasteiger partial charge in [0.15, 0.2) is 10.9 Å². The number of ether oxygens (including phenoxy) is 1. The average Bonchev–Trinajstić information content (AvgIpc) is 2.83. The Morgan fingerprint density at radius 1 is 1.29 bits per heavy atom. The number of benzene rings is 1. The Morgan fingerprint density at radius 2 is 1.88 bits per heavy atom. The molecule has 0 saturated heterocycles. The van der Waals surface area contributed by atoms with E-state index < -0.39 is 11.7 Å². The average molecular weight is 398 g/mol. The van der Waals surface area contributed by atoms with Crippen molar-refractivity contribution >= 4 is 40.5 Å². The highest BCUT2D eigenvalue weighted by molar-refractivity contribution is 7.80. The first-order valence-corrected chi connectivity index (χ1v) is 7.88. The SMILES string of the molecule is CCNC(=S)n1nc(Oc2c(Cl)cc(C(F)(F)F)cc2Cl)cc1C. The minimum atomic E-state index is -4.55. The molecule has 1 N–H and O–H groups in total. The molecule has 130 valence electrons. The second-order valence-corrected chi connectivity index (χ2v) is 5.94. The Morgan fingerprint density at radius 3 is 2.38 bits per heavy atom. The molecule has 1 aromatic carbocycles. The highest BCUT2D eigenvalue weighted by atomic mass is 35.5. The van der Waals surface area contributed by atoms with Gasteiger partial charge in [0, 0.05) is 18.3 Å². The van der Waals surface area contributed by atoms with Gasteiger partial charge in [-0.15, -0.1) is 5.10 Å². The van der Waals surface area contributed by atoms with Gasteiger partial charge in [-0.2, -0.15) is 13.2 Å². The molecule has 0 aliphatic carbocycles. The molecule has 1 aromatic heterocycles. The summed E-state index contributed by atoms with van der Waals surface area (Å²) in [5.41, 5.74) is -0.282. The maximum atomic E-state index is 12.7. The molecular weight excluding hydrogens is 386 g/mol. The van der Waals surface area contributed by atoms with Gasteiger partial charge in [0.2, 0.25) is 5.88 Å². The lowest BCUT2D eigenvalue weighted by molar-refractivity contribution is -0.137. The van der Waals surface area contributed by atoms with Crippen molar-refractivity contribution < 1.29 is 17.9 Å². The number of alkyl halides is 3. The Labute approximate surface area is 151 Å². The number of nitrogens with one attached hydrogen (secondary N) is 1. The van der Waals surface area contributed by atoms with E-state index in [-0.39, 0.29) is 21.7 Å². The van der Waals surface area contributed by atoms with Crippen LogP contribution in [0.2, 0.25) is 10.0 Å². The number of aryl methyl sites for hydroxylation is 1. The van der Waals surface area contributed by atoms with E-state index in [1.807, 2.05) is 6.92 Å². The first-order chi connectivity index (χ1) is 11.1. The summed E-state index contributed by atoms with van der Waals surface area (Å²) in [5, 5.41) is 6.89. The van der Waals surface area contributed by atoms with Gasteiger partial charge in [0.05, 0.1) is 15.6 Å². The zero-order chi connectivity index (χ0) is 18.1. The van der Waals surface area contributed by atoms with Gasteiger partial charge in [-0.1, -0.05) is 23.2 Å². The topological polar surface area (TPSA) is 39.1 Å².